The minimum atomic E-state index is -0.775. The number of hydrogen-bond acceptors (Lipinski definition) is 3. The number of phenols is 1. The van der Waals surface area contributed by atoms with Gasteiger partial charge in [-0.2, -0.15) is 0 Å². The normalized spacial score (nSPS) is 15.1. The van der Waals surface area contributed by atoms with Crippen LogP contribution in [0.4, 0.5) is 4.39 Å². The van der Waals surface area contributed by atoms with Crippen molar-refractivity contribution < 1.29 is 14.6 Å². The molecule has 0 aliphatic heterocycles. The second-order valence-electron chi connectivity index (χ2n) is 3.20. The van der Waals surface area contributed by atoms with E-state index < -0.39 is 18.0 Å². The number of phenolic OH excluding ortho intramolecular Hbond substituents is 1. The lowest BCUT2D eigenvalue weighted by Crippen LogP contribution is -2.25. The third kappa shape index (κ3) is 2.21. The van der Waals surface area contributed by atoms with E-state index in [1.54, 1.807) is 6.92 Å². The number of halogens is 1. The second kappa shape index (κ2) is 4.39. The first-order valence-electron chi connectivity index (χ1n) is 4.48. The van der Waals surface area contributed by atoms with Crippen molar-refractivity contribution in [2.45, 2.75) is 25.5 Å². The smallest absolute Gasteiger partial charge is 0.123 e. The molecule has 2 atom stereocenters. The van der Waals surface area contributed by atoms with Crippen LogP contribution in [-0.2, 0) is 0 Å². The molecule has 1 rings (SSSR count). The van der Waals surface area contributed by atoms with Crippen LogP contribution in [0, 0.1) is 5.82 Å². The van der Waals surface area contributed by atoms with Crippen LogP contribution in [0.3, 0.4) is 0 Å². The maximum absolute atomic E-state index is 12.8. The van der Waals surface area contributed by atoms with Gasteiger partial charge in [-0.15, -0.1) is 0 Å². The zero-order chi connectivity index (χ0) is 10.7. The maximum Gasteiger partial charge on any atom is 0.123 e. The molecule has 0 bridgehead atoms. The summed E-state index contributed by atoms with van der Waals surface area (Å²) in [7, 11) is 0. The van der Waals surface area contributed by atoms with Crippen LogP contribution in [0.1, 0.15) is 24.9 Å². The Morgan fingerprint density at radius 3 is 2.71 bits per heavy atom. The lowest BCUT2D eigenvalue weighted by atomic mass is 10.00. The van der Waals surface area contributed by atoms with E-state index in [9.17, 15) is 14.6 Å². The summed E-state index contributed by atoms with van der Waals surface area (Å²) in [5, 5.41) is 18.8. The number of nitrogens with two attached hydrogens (primary N) is 1. The third-order valence-electron chi connectivity index (χ3n) is 2.18. The molecule has 0 radical (unpaired) electrons. The van der Waals surface area contributed by atoms with Crippen LogP contribution in [-0.4, -0.2) is 16.3 Å². The highest BCUT2D eigenvalue weighted by Gasteiger charge is 2.18. The van der Waals surface area contributed by atoms with E-state index in [1.165, 1.54) is 6.07 Å². The zero-order valence-corrected chi connectivity index (χ0v) is 7.94. The van der Waals surface area contributed by atoms with E-state index in [4.69, 9.17) is 5.73 Å². The molecule has 1 aromatic carbocycles. The van der Waals surface area contributed by atoms with Crippen LogP contribution in [0.15, 0.2) is 18.2 Å². The van der Waals surface area contributed by atoms with Gasteiger partial charge in [-0.1, -0.05) is 6.92 Å². The molecule has 3 nitrogen and oxygen atoms in total. The number of rotatable bonds is 3. The molecule has 0 spiro atoms. The number of benzene rings is 1. The van der Waals surface area contributed by atoms with Gasteiger partial charge in [-0.25, -0.2) is 4.39 Å². The second-order valence-corrected chi connectivity index (χ2v) is 3.20. The minimum absolute atomic E-state index is 0.0913. The topological polar surface area (TPSA) is 66.5 Å². The van der Waals surface area contributed by atoms with Gasteiger partial charge in [-0.05, 0) is 24.6 Å². The quantitative estimate of drug-likeness (QED) is 0.687. The Kier molecular flexibility index (Phi) is 3.43. The van der Waals surface area contributed by atoms with E-state index in [0.29, 0.717) is 6.42 Å². The van der Waals surface area contributed by atoms with Crippen LogP contribution in [0.5, 0.6) is 5.75 Å². The molecule has 0 unspecified atom stereocenters. The maximum atomic E-state index is 12.8. The molecule has 0 saturated carbocycles. The fourth-order valence-electron chi connectivity index (χ4n) is 1.25. The summed E-state index contributed by atoms with van der Waals surface area (Å²) in [5.41, 5.74) is 5.88. The summed E-state index contributed by atoms with van der Waals surface area (Å²) in [5.74, 6) is -0.567. The average Bonchev–Trinajstić information content (AvgIpc) is 2.19. The number of aliphatic hydroxyl groups excluding tert-OH is 1. The molecule has 78 valence electrons. The first kappa shape index (κ1) is 10.9. The molecule has 1 aromatic rings. The lowest BCUT2D eigenvalue weighted by Gasteiger charge is -2.18. The Balaban J connectivity index is 2.99. The molecule has 0 fully saturated rings. The van der Waals surface area contributed by atoms with Crippen molar-refractivity contribution in [1.29, 1.82) is 0 Å². The van der Waals surface area contributed by atoms with E-state index in [2.05, 4.69) is 0 Å². The molecular formula is C10H14FNO2. The lowest BCUT2D eigenvalue weighted by molar-refractivity contribution is 0.139. The fourth-order valence-corrected chi connectivity index (χ4v) is 1.25. The van der Waals surface area contributed by atoms with Gasteiger partial charge in [0.15, 0.2) is 0 Å². The van der Waals surface area contributed by atoms with Gasteiger partial charge in [0.25, 0.3) is 0 Å². The van der Waals surface area contributed by atoms with Gasteiger partial charge in [0.2, 0.25) is 0 Å². The summed E-state index contributed by atoms with van der Waals surface area (Å²) < 4.78 is 12.8. The highest BCUT2D eigenvalue weighted by molar-refractivity contribution is 5.35. The Labute approximate surface area is 82.0 Å². The van der Waals surface area contributed by atoms with E-state index in [1.807, 2.05) is 0 Å². The fraction of sp³-hybridized carbons (Fsp3) is 0.400. The molecule has 0 aromatic heterocycles. The number of aromatic hydroxyl groups is 1. The van der Waals surface area contributed by atoms with Crippen LogP contribution < -0.4 is 5.73 Å². The molecule has 4 N–H and O–H groups in total. The summed E-state index contributed by atoms with van der Waals surface area (Å²) in [6.45, 7) is 1.76. The molecular weight excluding hydrogens is 185 g/mol. The summed E-state index contributed by atoms with van der Waals surface area (Å²) in [6.07, 6.45) is -0.320. The van der Waals surface area contributed by atoms with Crippen molar-refractivity contribution >= 4 is 0 Å². The zero-order valence-electron chi connectivity index (χ0n) is 7.94. The Morgan fingerprint density at radius 1 is 1.50 bits per heavy atom. The first-order valence-corrected chi connectivity index (χ1v) is 4.48. The van der Waals surface area contributed by atoms with Gasteiger partial charge in [0.1, 0.15) is 11.6 Å². The number of hydrogen-bond donors (Lipinski definition) is 3. The first-order chi connectivity index (χ1) is 6.56. The Hall–Kier alpha value is -1.13. The van der Waals surface area contributed by atoms with Gasteiger partial charge >= 0.3 is 0 Å². The molecule has 4 heteroatoms. The third-order valence-corrected chi connectivity index (χ3v) is 2.18. The van der Waals surface area contributed by atoms with Crippen LogP contribution >= 0.6 is 0 Å². The molecule has 0 amide bonds. The largest absolute Gasteiger partial charge is 0.508 e. The van der Waals surface area contributed by atoms with Crippen molar-refractivity contribution in [2.75, 3.05) is 0 Å². The average molecular weight is 199 g/mol. The van der Waals surface area contributed by atoms with Gasteiger partial charge in [0.05, 0.1) is 12.1 Å². The van der Waals surface area contributed by atoms with Crippen LogP contribution in [0.2, 0.25) is 0 Å². The SMILES string of the molecule is CC[C@@H](O)[C@@H](N)c1cc(F)ccc1O. The van der Waals surface area contributed by atoms with E-state index in [-0.39, 0.29) is 11.3 Å². The number of aliphatic hydroxyl groups is 1. The molecule has 14 heavy (non-hydrogen) atoms. The van der Waals surface area contributed by atoms with Gasteiger partial charge in [-0.3, -0.25) is 0 Å². The van der Waals surface area contributed by atoms with Crippen molar-refractivity contribution in [3.8, 4) is 5.75 Å². The summed E-state index contributed by atoms with van der Waals surface area (Å²) >= 11 is 0. The van der Waals surface area contributed by atoms with Crippen molar-refractivity contribution in [1.82, 2.24) is 0 Å². The minimum Gasteiger partial charge on any atom is -0.508 e. The van der Waals surface area contributed by atoms with Crippen molar-refractivity contribution in [3.05, 3.63) is 29.6 Å². The monoisotopic (exact) mass is 199 g/mol. The van der Waals surface area contributed by atoms with Crippen molar-refractivity contribution in [2.24, 2.45) is 5.73 Å². The van der Waals surface area contributed by atoms with Gasteiger partial charge < -0.3 is 15.9 Å². The van der Waals surface area contributed by atoms with E-state index in [0.717, 1.165) is 12.1 Å². The summed E-state index contributed by atoms with van der Waals surface area (Å²) in [4.78, 5) is 0. The molecule has 0 saturated heterocycles. The molecule has 0 aliphatic carbocycles. The van der Waals surface area contributed by atoms with Crippen LogP contribution in [0.25, 0.3) is 0 Å². The molecule has 0 aliphatic rings. The standard InChI is InChI=1S/C10H14FNO2/c1-2-8(13)10(12)7-5-6(11)3-4-9(7)14/h3-5,8,10,13-14H,2,12H2,1H3/t8-,10+/m1/s1. The van der Waals surface area contributed by atoms with Crippen molar-refractivity contribution in [3.63, 3.8) is 0 Å². The predicted molar refractivity (Wildman–Crippen MR) is 51.3 cm³/mol. The molecule has 0 heterocycles. The highest BCUT2D eigenvalue weighted by Crippen LogP contribution is 2.26. The Morgan fingerprint density at radius 2 is 2.14 bits per heavy atom. The predicted octanol–water partition coefficient (Wildman–Crippen LogP) is 1.30. The highest BCUT2D eigenvalue weighted by atomic mass is 19.1. The van der Waals surface area contributed by atoms with Gasteiger partial charge in [0, 0.05) is 5.56 Å². The van der Waals surface area contributed by atoms with E-state index >= 15 is 0 Å². The Bertz CT molecular complexity index is 317. The summed E-state index contributed by atoms with van der Waals surface area (Å²) in [6, 6.07) is 2.76.